The minimum atomic E-state index is -0.582. The average molecular weight is 268 g/mol. The summed E-state index contributed by atoms with van der Waals surface area (Å²) in [6.07, 6.45) is 0. The maximum atomic E-state index is 2.41. The number of hydrogen-bond donors (Lipinski definition) is 0. The fourth-order valence-electron chi connectivity index (χ4n) is 0. The molecule has 0 aromatic rings. The molecule has 0 unspecified atom stereocenters. The molecule has 36 valence electrons. The van der Waals surface area contributed by atoms with Crippen molar-refractivity contribution in [2.75, 3.05) is 0 Å². The Morgan fingerprint density at radius 1 is 1.33 bits per heavy atom. The van der Waals surface area contributed by atoms with Crippen molar-refractivity contribution in [2.24, 2.45) is 0 Å². The molecule has 0 spiro atoms. The zero-order chi connectivity index (χ0) is 5.21. The van der Waals surface area contributed by atoms with Gasteiger partial charge in [-0.15, -0.1) is 0 Å². The Bertz CT molecular complexity index is 37.3. The van der Waals surface area contributed by atoms with E-state index in [1.54, 1.807) is 21.1 Å². The Morgan fingerprint density at radius 2 is 1.50 bits per heavy atom. The Balaban J connectivity index is 3.17. The van der Waals surface area contributed by atoms with Gasteiger partial charge in [-0.2, -0.15) is 0 Å². The van der Waals surface area contributed by atoms with Gasteiger partial charge in [-0.25, -0.2) is 0 Å². The molecule has 0 heterocycles. The number of rotatable bonds is 1. The molecule has 0 aromatic heterocycles. The SMILES string of the molecule is C[Si](C)(C)[CH2][Ta]. The van der Waals surface area contributed by atoms with Crippen LogP contribution < -0.4 is 0 Å². The van der Waals surface area contributed by atoms with Gasteiger partial charge in [0.1, 0.15) is 0 Å². The second-order valence-corrected chi connectivity index (χ2v) is 11.6. The van der Waals surface area contributed by atoms with Crippen molar-refractivity contribution in [2.45, 2.75) is 23.9 Å². The van der Waals surface area contributed by atoms with Crippen LogP contribution in [0, 0.1) is 0 Å². The van der Waals surface area contributed by atoms with E-state index >= 15 is 0 Å². The van der Waals surface area contributed by atoms with Gasteiger partial charge >= 0.3 is 53.0 Å². The van der Waals surface area contributed by atoms with E-state index in [1.807, 2.05) is 0 Å². The van der Waals surface area contributed by atoms with E-state index in [0.29, 0.717) is 0 Å². The summed E-state index contributed by atoms with van der Waals surface area (Å²) in [5.41, 5.74) is 0. The van der Waals surface area contributed by atoms with Crippen LogP contribution in [0.4, 0.5) is 0 Å². The van der Waals surface area contributed by atoms with Crippen LogP contribution in [0.5, 0.6) is 0 Å². The summed E-state index contributed by atoms with van der Waals surface area (Å²) in [6, 6.07) is 0. The Morgan fingerprint density at radius 3 is 1.50 bits per heavy atom. The summed E-state index contributed by atoms with van der Waals surface area (Å²) >= 11 is 1.58. The van der Waals surface area contributed by atoms with E-state index in [4.69, 9.17) is 0 Å². The fraction of sp³-hybridized carbons (Fsp3) is 1.00. The molecule has 0 aliphatic rings. The first-order chi connectivity index (χ1) is 2.56. The first-order valence-electron chi connectivity index (χ1n) is 2.17. The van der Waals surface area contributed by atoms with Crippen LogP contribution in [0.3, 0.4) is 0 Å². The number of hydrogen-bond acceptors (Lipinski definition) is 0. The second kappa shape index (κ2) is 2.31. The third kappa shape index (κ3) is 4.96. The van der Waals surface area contributed by atoms with Crippen LogP contribution in [0.1, 0.15) is 0 Å². The summed E-state index contributed by atoms with van der Waals surface area (Å²) in [4.78, 5) is 0. The molecule has 0 nitrogen and oxygen atoms in total. The van der Waals surface area contributed by atoms with E-state index in [2.05, 4.69) is 19.6 Å². The molecule has 0 amide bonds. The van der Waals surface area contributed by atoms with Crippen LogP contribution in [-0.4, -0.2) is 8.07 Å². The molecular weight excluding hydrogens is 257 g/mol. The first kappa shape index (κ1) is 6.96. The quantitative estimate of drug-likeness (QED) is 0.636. The fourth-order valence-corrected chi connectivity index (χ4v) is 0. The van der Waals surface area contributed by atoms with Gasteiger partial charge in [0.2, 0.25) is 0 Å². The van der Waals surface area contributed by atoms with Gasteiger partial charge in [-0.3, -0.25) is 0 Å². The third-order valence-electron chi connectivity index (χ3n) is 0.474. The van der Waals surface area contributed by atoms with Crippen molar-refractivity contribution >= 4 is 8.07 Å². The van der Waals surface area contributed by atoms with Crippen LogP contribution in [0.2, 0.25) is 23.9 Å². The van der Waals surface area contributed by atoms with E-state index in [9.17, 15) is 0 Å². The van der Waals surface area contributed by atoms with Crippen molar-refractivity contribution in [1.82, 2.24) is 0 Å². The van der Waals surface area contributed by atoms with Gasteiger partial charge < -0.3 is 0 Å². The predicted octanol–water partition coefficient (Wildman–Crippen LogP) is 1.83. The van der Waals surface area contributed by atoms with Crippen molar-refractivity contribution in [3.63, 3.8) is 0 Å². The summed E-state index contributed by atoms with van der Waals surface area (Å²) < 4.78 is 1.52. The van der Waals surface area contributed by atoms with Gasteiger partial charge in [0.15, 0.2) is 0 Å². The average Bonchev–Trinajstić information content (AvgIpc) is 1.35. The van der Waals surface area contributed by atoms with Gasteiger partial charge in [0.05, 0.1) is 0 Å². The zero-order valence-electron chi connectivity index (χ0n) is 4.65. The molecule has 0 fully saturated rings. The molecule has 0 saturated carbocycles. The molecule has 6 heavy (non-hydrogen) atoms. The molecule has 0 aliphatic carbocycles. The minimum absolute atomic E-state index is 0.582. The standard InChI is InChI=1S/C4H11Si.Ta/c1-5(2,3)4;/h1H2,2-4H3;. The van der Waals surface area contributed by atoms with E-state index in [1.165, 1.54) is 4.26 Å². The van der Waals surface area contributed by atoms with Crippen LogP contribution in [0.15, 0.2) is 0 Å². The van der Waals surface area contributed by atoms with Crippen LogP contribution >= 0.6 is 0 Å². The molecule has 0 aromatic carbocycles. The van der Waals surface area contributed by atoms with Gasteiger partial charge in [-0.05, 0) is 0 Å². The van der Waals surface area contributed by atoms with Gasteiger partial charge in [-0.1, -0.05) is 0 Å². The predicted molar refractivity (Wildman–Crippen MR) is 28.2 cm³/mol. The van der Waals surface area contributed by atoms with Crippen molar-refractivity contribution in [1.29, 1.82) is 0 Å². The molecule has 0 bridgehead atoms. The molecule has 0 saturated heterocycles. The monoisotopic (exact) mass is 268 g/mol. The van der Waals surface area contributed by atoms with E-state index in [0.717, 1.165) is 0 Å². The summed E-state index contributed by atoms with van der Waals surface area (Å²) in [7, 11) is -0.582. The van der Waals surface area contributed by atoms with E-state index < -0.39 is 8.07 Å². The topological polar surface area (TPSA) is 0 Å². The Hall–Kier alpha value is 0.957. The van der Waals surface area contributed by atoms with Crippen molar-refractivity contribution in [3.8, 4) is 0 Å². The summed E-state index contributed by atoms with van der Waals surface area (Å²) in [5.74, 6) is 0. The Kier molecular flexibility index (Phi) is 2.68. The normalized spacial score (nSPS) is 11.8. The molecule has 0 rings (SSSR count). The molecule has 0 atom stereocenters. The molecule has 0 radical (unpaired) electrons. The van der Waals surface area contributed by atoms with Crippen molar-refractivity contribution < 1.29 is 21.1 Å². The maximum absolute atomic E-state index is 2.41. The summed E-state index contributed by atoms with van der Waals surface area (Å²) in [6.45, 7) is 7.23. The van der Waals surface area contributed by atoms with Crippen LogP contribution in [-0.2, 0) is 21.1 Å². The summed E-state index contributed by atoms with van der Waals surface area (Å²) in [5, 5.41) is 0. The van der Waals surface area contributed by atoms with Crippen molar-refractivity contribution in [3.05, 3.63) is 0 Å². The second-order valence-electron chi connectivity index (χ2n) is 2.72. The zero-order valence-corrected chi connectivity index (χ0v) is 8.87. The molecule has 2 heteroatoms. The van der Waals surface area contributed by atoms with Gasteiger partial charge in [0, 0.05) is 0 Å². The van der Waals surface area contributed by atoms with Crippen LogP contribution in [0.25, 0.3) is 0 Å². The van der Waals surface area contributed by atoms with E-state index in [-0.39, 0.29) is 0 Å². The Labute approximate surface area is 53.3 Å². The first-order valence-corrected chi connectivity index (χ1v) is 8.15. The molecular formula is C4H11SiTa. The third-order valence-corrected chi connectivity index (χ3v) is 11.6. The van der Waals surface area contributed by atoms with Gasteiger partial charge in [0.25, 0.3) is 0 Å². The molecule has 0 aliphatic heterocycles. The molecule has 0 N–H and O–H groups in total.